The van der Waals surface area contributed by atoms with Crippen LogP contribution < -0.4 is 0 Å². The van der Waals surface area contributed by atoms with E-state index in [1.807, 2.05) is 6.92 Å². The van der Waals surface area contributed by atoms with Crippen molar-refractivity contribution in [2.45, 2.75) is 13.3 Å². The predicted molar refractivity (Wildman–Crippen MR) is 56.4 cm³/mol. The van der Waals surface area contributed by atoms with Gasteiger partial charge in [-0.15, -0.1) is 0 Å². The minimum absolute atomic E-state index is 0.0694. The SMILES string of the molecule is CCCN(CCBr)C(=O)c1cn[nH]n1. The summed E-state index contributed by atoms with van der Waals surface area (Å²) in [5.74, 6) is -0.0694. The largest absolute Gasteiger partial charge is 0.336 e. The van der Waals surface area contributed by atoms with Crippen LogP contribution in [0.3, 0.4) is 0 Å². The third-order valence-corrected chi connectivity index (χ3v) is 2.12. The molecule has 5 nitrogen and oxygen atoms in total. The molecule has 0 spiro atoms. The topological polar surface area (TPSA) is 61.9 Å². The summed E-state index contributed by atoms with van der Waals surface area (Å²) >= 11 is 3.31. The number of amides is 1. The standard InChI is InChI=1S/C8H13BrN4O/c1-2-4-13(5-3-9)8(14)7-6-10-12-11-7/h6H,2-5H2,1H3,(H,10,11,12). The van der Waals surface area contributed by atoms with Gasteiger partial charge < -0.3 is 4.90 Å². The summed E-state index contributed by atoms with van der Waals surface area (Å²) in [6, 6.07) is 0. The lowest BCUT2D eigenvalue weighted by molar-refractivity contribution is 0.0760. The Morgan fingerprint density at radius 2 is 2.43 bits per heavy atom. The van der Waals surface area contributed by atoms with Gasteiger partial charge in [0.25, 0.3) is 5.91 Å². The maximum Gasteiger partial charge on any atom is 0.276 e. The quantitative estimate of drug-likeness (QED) is 0.806. The number of carbonyl (C=O) groups is 1. The predicted octanol–water partition coefficient (Wildman–Crippen LogP) is 1.05. The first-order valence-electron chi connectivity index (χ1n) is 4.50. The highest BCUT2D eigenvalue weighted by atomic mass is 79.9. The van der Waals surface area contributed by atoms with E-state index in [2.05, 4.69) is 31.3 Å². The number of rotatable bonds is 5. The highest BCUT2D eigenvalue weighted by Crippen LogP contribution is 2.01. The zero-order chi connectivity index (χ0) is 10.4. The number of hydrogen-bond acceptors (Lipinski definition) is 3. The Labute approximate surface area is 91.0 Å². The molecule has 0 aliphatic carbocycles. The van der Waals surface area contributed by atoms with Gasteiger partial charge in [-0.25, -0.2) is 0 Å². The van der Waals surface area contributed by atoms with E-state index in [0.717, 1.165) is 18.3 Å². The molecule has 0 fully saturated rings. The number of nitrogens with one attached hydrogen (secondary N) is 1. The van der Waals surface area contributed by atoms with Crippen molar-refractivity contribution in [3.05, 3.63) is 11.9 Å². The van der Waals surface area contributed by atoms with E-state index in [-0.39, 0.29) is 5.91 Å². The number of aromatic amines is 1. The summed E-state index contributed by atoms with van der Waals surface area (Å²) in [6.45, 7) is 3.48. The van der Waals surface area contributed by atoms with Crippen molar-refractivity contribution < 1.29 is 4.79 Å². The number of hydrogen-bond donors (Lipinski definition) is 1. The lowest BCUT2D eigenvalue weighted by Crippen LogP contribution is -2.33. The van der Waals surface area contributed by atoms with Crippen LogP contribution >= 0.6 is 15.9 Å². The van der Waals surface area contributed by atoms with E-state index < -0.39 is 0 Å². The number of H-pyrrole nitrogens is 1. The summed E-state index contributed by atoms with van der Waals surface area (Å²) < 4.78 is 0. The Bertz CT molecular complexity index is 269. The molecule has 0 unspecified atom stereocenters. The average molecular weight is 261 g/mol. The van der Waals surface area contributed by atoms with E-state index in [4.69, 9.17) is 0 Å². The fourth-order valence-electron chi connectivity index (χ4n) is 1.15. The molecule has 6 heteroatoms. The Morgan fingerprint density at radius 3 is 2.93 bits per heavy atom. The summed E-state index contributed by atoms with van der Waals surface area (Å²) in [7, 11) is 0. The molecule has 78 valence electrons. The van der Waals surface area contributed by atoms with Gasteiger partial charge in [0.15, 0.2) is 5.69 Å². The van der Waals surface area contributed by atoms with Gasteiger partial charge >= 0.3 is 0 Å². The van der Waals surface area contributed by atoms with Gasteiger partial charge in [-0.2, -0.15) is 15.4 Å². The maximum atomic E-state index is 11.8. The number of halogens is 1. The van der Waals surface area contributed by atoms with Gasteiger partial charge in [0.05, 0.1) is 6.20 Å². The highest BCUT2D eigenvalue weighted by molar-refractivity contribution is 9.09. The molecular weight excluding hydrogens is 248 g/mol. The fraction of sp³-hybridized carbons (Fsp3) is 0.625. The molecule has 0 bridgehead atoms. The summed E-state index contributed by atoms with van der Waals surface area (Å²) in [5.41, 5.74) is 0.374. The number of nitrogens with zero attached hydrogens (tertiary/aromatic N) is 3. The minimum atomic E-state index is -0.0694. The molecular formula is C8H13BrN4O. The van der Waals surface area contributed by atoms with E-state index in [1.54, 1.807) is 4.90 Å². The molecule has 1 aromatic rings. The monoisotopic (exact) mass is 260 g/mol. The Balaban J connectivity index is 2.63. The van der Waals surface area contributed by atoms with Crippen molar-refractivity contribution in [3.63, 3.8) is 0 Å². The third kappa shape index (κ3) is 2.80. The van der Waals surface area contributed by atoms with Gasteiger partial charge in [0.1, 0.15) is 0 Å². The molecule has 0 saturated carbocycles. The maximum absolute atomic E-state index is 11.8. The second-order valence-electron chi connectivity index (χ2n) is 2.84. The molecule has 1 heterocycles. The van der Waals surface area contributed by atoms with E-state index in [9.17, 15) is 4.79 Å². The van der Waals surface area contributed by atoms with Crippen molar-refractivity contribution in [2.24, 2.45) is 0 Å². The fourth-order valence-corrected chi connectivity index (χ4v) is 1.58. The average Bonchev–Trinajstić information content (AvgIpc) is 2.69. The van der Waals surface area contributed by atoms with Gasteiger partial charge in [-0.1, -0.05) is 22.9 Å². The highest BCUT2D eigenvalue weighted by Gasteiger charge is 2.16. The molecule has 0 atom stereocenters. The van der Waals surface area contributed by atoms with Crippen LogP contribution in [0.15, 0.2) is 6.20 Å². The van der Waals surface area contributed by atoms with Crippen LogP contribution in [0.4, 0.5) is 0 Å². The Kier molecular flexibility index (Phi) is 4.58. The van der Waals surface area contributed by atoms with Gasteiger partial charge in [0, 0.05) is 18.4 Å². The van der Waals surface area contributed by atoms with Crippen LogP contribution in [0, 0.1) is 0 Å². The van der Waals surface area contributed by atoms with E-state index in [0.29, 0.717) is 12.2 Å². The van der Waals surface area contributed by atoms with Crippen LogP contribution in [0.5, 0.6) is 0 Å². The molecule has 1 N–H and O–H groups in total. The minimum Gasteiger partial charge on any atom is -0.336 e. The second kappa shape index (κ2) is 5.74. The van der Waals surface area contributed by atoms with E-state index in [1.165, 1.54) is 6.20 Å². The van der Waals surface area contributed by atoms with Crippen LogP contribution in [-0.2, 0) is 0 Å². The number of alkyl halides is 1. The summed E-state index contributed by atoms with van der Waals surface area (Å²) in [4.78, 5) is 13.5. The Hall–Kier alpha value is -0.910. The first-order chi connectivity index (χ1) is 6.79. The van der Waals surface area contributed by atoms with Crippen LogP contribution in [0.1, 0.15) is 23.8 Å². The summed E-state index contributed by atoms with van der Waals surface area (Å²) in [6.07, 6.45) is 2.38. The molecule has 1 amide bonds. The smallest absolute Gasteiger partial charge is 0.276 e. The zero-order valence-corrected chi connectivity index (χ0v) is 9.62. The van der Waals surface area contributed by atoms with Crippen molar-refractivity contribution in [2.75, 3.05) is 18.4 Å². The van der Waals surface area contributed by atoms with Gasteiger partial charge in [0.2, 0.25) is 0 Å². The van der Waals surface area contributed by atoms with Gasteiger partial charge in [-0.05, 0) is 6.42 Å². The van der Waals surface area contributed by atoms with Crippen molar-refractivity contribution in [3.8, 4) is 0 Å². The lowest BCUT2D eigenvalue weighted by atomic mass is 10.3. The van der Waals surface area contributed by atoms with Crippen LogP contribution in [0.2, 0.25) is 0 Å². The zero-order valence-electron chi connectivity index (χ0n) is 8.03. The van der Waals surface area contributed by atoms with Crippen LogP contribution in [0.25, 0.3) is 0 Å². The first-order valence-corrected chi connectivity index (χ1v) is 5.62. The molecule has 1 aromatic heterocycles. The molecule has 1 rings (SSSR count). The van der Waals surface area contributed by atoms with Crippen LogP contribution in [-0.4, -0.2) is 44.6 Å². The first kappa shape index (κ1) is 11.2. The van der Waals surface area contributed by atoms with Crippen molar-refractivity contribution in [1.29, 1.82) is 0 Å². The molecule has 0 aliphatic heterocycles. The molecule has 0 aliphatic rings. The molecule has 14 heavy (non-hydrogen) atoms. The Morgan fingerprint density at radius 1 is 1.64 bits per heavy atom. The van der Waals surface area contributed by atoms with E-state index >= 15 is 0 Å². The normalized spacial score (nSPS) is 10.1. The lowest BCUT2D eigenvalue weighted by Gasteiger charge is -2.19. The number of aromatic nitrogens is 3. The molecule has 0 radical (unpaired) electrons. The van der Waals surface area contributed by atoms with Crippen molar-refractivity contribution >= 4 is 21.8 Å². The number of carbonyl (C=O) groups excluding carboxylic acids is 1. The summed E-state index contributed by atoms with van der Waals surface area (Å²) in [5, 5.41) is 10.6. The third-order valence-electron chi connectivity index (χ3n) is 1.77. The molecule has 0 aromatic carbocycles. The second-order valence-corrected chi connectivity index (χ2v) is 3.63. The van der Waals surface area contributed by atoms with Gasteiger partial charge in [-0.3, -0.25) is 4.79 Å². The van der Waals surface area contributed by atoms with Crippen molar-refractivity contribution in [1.82, 2.24) is 20.3 Å². The molecule has 0 saturated heterocycles.